The summed E-state index contributed by atoms with van der Waals surface area (Å²) in [6, 6.07) is 13.7. The highest BCUT2D eigenvalue weighted by Gasteiger charge is 2.04. The van der Waals surface area contributed by atoms with Gasteiger partial charge < -0.3 is 20.5 Å². The molecule has 0 saturated heterocycles. The quantitative estimate of drug-likeness (QED) is 0.757. The van der Waals surface area contributed by atoms with Crippen molar-refractivity contribution in [3.8, 4) is 5.75 Å². The van der Waals surface area contributed by atoms with Crippen LogP contribution in [0.2, 0.25) is 0 Å². The van der Waals surface area contributed by atoms with Crippen molar-refractivity contribution in [2.24, 2.45) is 0 Å². The number of hydrogen-bond donors (Lipinski definition) is 2. The molecular formula is C17H22N2O2. The van der Waals surface area contributed by atoms with E-state index in [1.54, 1.807) is 7.11 Å². The SMILES string of the molecule is CCCOc1cc(N)cc(Nc2ccccc2COC)c1. The summed E-state index contributed by atoms with van der Waals surface area (Å²) in [4.78, 5) is 0. The number of rotatable bonds is 7. The number of para-hydroxylation sites is 1. The molecule has 0 spiro atoms. The van der Waals surface area contributed by atoms with Gasteiger partial charge >= 0.3 is 0 Å². The van der Waals surface area contributed by atoms with E-state index < -0.39 is 0 Å². The maximum Gasteiger partial charge on any atom is 0.123 e. The first-order valence-electron chi connectivity index (χ1n) is 7.10. The zero-order valence-electron chi connectivity index (χ0n) is 12.6. The molecule has 0 unspecified atom stereocenters. The molecule has 4 heteroatoms. The summed E-state index contributed by atoms with van der Waals surface area (Å²) in [5, 5.41) is 3.37. The van der Waals surface area contributed by atoms with Crippen LogP contribution < -0.4 is 15.8 Å². The summed E-state index contributed by atoms with van der Waals surface area (Å²) < 4.78 is 10.9. The largest absolute Gasteiger partial charge is 0.493 e. The number of hydrogen-bond acceptors (Lipinski definition) is 4. The molecule has 2 aromatic carbocycles. The lowest BCUT2D eigenvalue weighted by Gasteiger charge is -2.13. The molecule has 0 aliphatic carbocycles. The van der Waals surface area contributed by atoms with Crippen LogP contribution in [0, 0.1) is 0 Å². The van der Waals surface area contributed by atoms with Gasteiger partial charge in [-0.3, -0.25) is 0 Å². The second kappa shape index (κ2) is 7.55. The zero-order chi connectivity index (χ0) is 15.1. The van der Waals surface area contributed by atoms with E-state index >= 15 is 0 Å². The van der Waals surface area contributed by atoms with E-state index in [-0.39, 0.29) is 0 Å². The molecule has 2 aromatic rings. The Hall–Kier alpha value is -2.20. The van der Waals surface area contributed by atoms with Crippen molar-refractivity contribution in [1.29, 1.82) is 0 Å². The maximum absolute atomic E-state index is 5.94. The molecule has 0 atom stereocenters. The van der Waals surface area contributed by atoms with Gasteiger partial charge in [-0.1, -0.05) is 25.1 Å². The minimum absolute atomic E-state index is 0.560. The lowest BCUT2D eigenvalue weighted by Crippen LogP contribution is -2.00. The number of nitrogens with one attached hydrogen (secondary N) is 1. The molecule has 2 rings (SSSR count). The normalized spacial score (nSPS) is 10.4. The molecule has 0 heterocycles. The lowest BCUT2D eigenvalue weighted by molar-refractivity contribution is 0.185. The predicted octanol–water partition coefficient (Wildman–Crippen LogP) is 3.95. The number of nitrogens with two attached hydrogens (primary N) is 1. The molecule has 0 aromatic heterocycles. The van der Waals surface area contributed by atoms with Crippen LogP contribution in [-0.2, 0) is 11.3 Å². The molecule has 0 aliphatic heterocycles. The minimum Gasteiger partial charge on any atom is -0.493 e. The van der Waals surface area contributed by atoms with E-state index in [0.717, 1.165) is 29.1 Å². The Morgan fingerprint density at radius 3 is 2.71 bits per heavy atom. The number of benzene rings is 2. The van der Waals surface area contributed by atoms with E-state index in [0.29, 0.717) is 18.9 Å². The smallest absolute Gasteiger partial charge is 0.123 e. The fraction of sp³-hybridized carbons (Fsp3) is 0.294. The fourth-order valence-electron chi connectivity index (χ4n) is 2.08. The van der Waals surface area contributed by atoms with Gasteiger partial charge in [0.2, 0.25) is 0 Å². The summed E-state index contributed by atoms with van der Waals surface area (Å²) in [5.41, 5.74) is 9.62. The standard InChI is InChI=1S/C17H22N2O2/c1-3-8-21-16-10-14(18)9-15(11-16)19-17-7-5-4-6-13(17)12-20-2/h4-7,9-11,19H,3,8,12,18H2,1-2H3. The topological polar surface area (TPSA) is 56.5 Å². The first-order valence-corrected chi connectivity index (χ1v) is 7.10. The van der Waals surface area contributed by atoms with Crippen molar-refractivity contribution in [3.63, 3.8) is 0 Å². The van der Waals surface area contributed by atoms with Crippen LogP contribution in [0.3, 0.4) is 0 Å². The molecule has 0 fully saturated rings. The summed E-state index contributed by atoms with van der Waals surface area (Å²) in [7, 11) is 1.69. The predicted molar refractivity (Wildman–Crippen MR) is 87.1 cm³/mol. The van der Waals surface area contributed by atoms with Crippen molar-refractivity contribution in [2.45, 2.75) is 20.0 Å². The average Bonchev–Trinajstić information content (AvgIpc) is 2.47. The van der Waals surface area contributed by atoms with Gasteiger partial charge in [0.15, 0.2) is 0 Å². The molecular weight excluding hydrogens is 264 g/mol. The monoisotopic (exact) mass is 286 g/mol. The van der Waals surface area contributed by atoms with Crippen LogP contribution in [0.1, 0.15) is 18.9 Å². The molecule has 0 bridgehead atoms. The Kier molecular flexibility index (Phi) is 5.46. The van der Waals surface area contributed by atoms with Crippen molar-refractivity contribution in [3.05, 3.63) is 48.0 Å². The first-order chi connectivity index (χ1) is 10.2. The summed E-state index contributed by atoms with van der Waals surface area (Å²) in [6.45, 7) is 3.32. The molecule has 3 N–H and O–H groups in total. The Morgan fingerprint density at radius 1 is 1.14 bits per heavy atom. The Balaban J connectivity index is 2.21. The van der Waals surface area contributed by atoms with Crippen LogP contribution in [0.15, 0.2) is 42.5 Å². The van der Waals surface area contributed by atoms with Gasteiger partial charge in [0.25, 0.3) is 0 Å². The van der Waals surface area contributed by atoms with Crippen molar-refractivity contribution >= 4 is 17.1 Å². The molecule has 112 valence electrons. The van der Waals surface area contributed by atoms with Gasteiger partial charge in [0, 0.05) is 41.9 Å². The summed E-state index contributed by atoms with van der Waals surface area (Å²) >= 11 is 0. The van der Waals surface area contributed by atoms with Crippen molar-refractivity contribution in [2.75, 3.05) is 24.8 Å². The van der Waals surface area contributed by atoms with Crippen molar-refractivity contribution in [1.82, 2.24) is 0 Å². The third-order valence-corrected chi connectivity index (χ3v) is 3.00. The summed E-state index contributed by atoms with van der Waals surface area (Å²) in [5.74, 6) is 0.781. The van der Waals surface area contributed by atoms with Crippen LogP contribution >= 0.6 is 0 Å². The van der Waals surface area contributed by atoms with E-state index in [1.165, 1.54) is 0 Å². The number of anilines is 3. The Labute approximate surface area is 125 Å². The van der Waals surface area contributed by atoms with E-state index in [4.69, 9.17) is 15.2 Å². The van der Waals surface area contributed by atoms with E-state index in [9.17, 15) is 0 Å². The molecule has 0 aliphatic rings. The first kappa shape index (κ1) is 15.2. The second-order valence-electron chi connectivity index (χ2n) is 4.85. The second-order valence-corrected chi connectivity index (χ2v) is 4.85. The fourth-order valence-corrected chi connectivity index (χ4v) is 2.08. The lowest BCUT2D eigenvalue weighted by atomic mass is 10.1. The molecule has 21 heavy (non-hydrogen) atoms. The van der Waals surface area contributed by atoms with Crippen LogP contribution in [0.5, 0.6) is 5.75 Å². The minimum atomic E-state index is 0.560. The van der Waals surface area contributed by atoms with Crippen LogP contribution in [0.4, 0.5) is 17.1 Å². The van der Waals surface area contributed by atoms with Gasteiger partial charge in [0.05, 0.1) is 13.2 Å². The van der Waals surface area contributed by atoms with Gasteiger partial charge in [-0.05, 0) is 18.6 Å². The van der Waals surface area contributed by atoms with Gasteiger partial charge in [-0.25, -0.2) is 0 Å². The van der Waals surface area contributed by atoms with Crippen LogP contribution in [-0.4, -0.2) is 13.7 Å². The van der Waals surface area contributed by atoms with Gasteiger partial charge in [-0.15, -0.1) is 0 Å². The number of methoxy groups -OCH3 is 1. The molecule has 4 nitrogen and oxygen atoms in total. The summed E-state index contributed by atoms with van der Waals surface area (Å²) in [6.07, 6.45) is 0.967. The number of ether oxygens (including phenoxy) is 2. The Morgan fingerprint density at radius 2 is 1.95 bits per heavy atom. The highest BCUT2D eigenvalue weighted by molar-refractivity contribution is 5.68. The highest BCUT2D eigenvalue weighted by atomic mass is 16.5. The van der Waals surface area contributed by atoms with Crippen LogP contribution in [0.25, 0.3) is 0 Å². The maximum atomic E-state index is 5.94. The average molecular weight is 286 g/mol. The Bertz CT molecular complexity index is 585. The zero-order valence-corrected chi connectivity index (χ0v) is 12.6. The third-order valence-electron chi connectivity index (χ3n) is 3.00. The molecule has 0 saturated carbocycles. The van der Waals surface area contributed by atoms with E-state index in [1.807, 2.05) is 42.5 Å². The van der Waals surface area contributed by atoms with Crippen molar-refractivity contribution < 1.29 is 9.47 Å². The van der Waals surface area contributed by atoms with E-state index in [2.05, 4.69) is 12.2 Å². The molecule has 0 radical (unpaired) electrons. The number of nitrogen functional groups attached to an aromatic ring is 1. The highest BCUT2D eigenvalue weighted by Crippen LogP contribution is 2.27. The third kappa shape index (κ3) is 4.39. The van der Waals surface area contributed by atoms with Gasteiger partial charge in [0.1, 0.15) is 5.75 Å². The molecule has 0 amide bonds. The van der Waals surface area contributed by atoms with Gasteiger partial charge in [-0.2, -0.15) is 0 Å².